The number of aromatic nitrogens is 3. The molecule has 0 amide bonds. The summed E-state index contributed by atoms with van der Waals surface area (Å²) in [6.07, 6.45) is 7.84. The van der Waals surface area contributed by atoms with Crippen LogP contribution in [0.15, 0.2) is 49.1 Å². The van der Waals surface area contributed by atoms with Gasteiger partial charge in [0, 0.05) is 31.2 Å². The fourth-order valence-corrected chi connectivity index (χ4v) is 2.52. The van der Waals surface area contributed by atoms with Crippen molar-refractivity contribution in [2.45, 2.75) is 26.4 Å². The van der Waals surface area contributed by atoms with E-state index in [1.807, 2.05) is 24.7 Å². The van der Waals surface area contributed by atoms with Crippen LogP contribution >= 0.6 is 0 Å². The van der Waals surface area contributed by atoms with Crippen LogP contribution in [0.3, 0.4) is 0 Å². The van der Waals surface area contributed by atoms with Crippen molar-refractivity contribution in [3.8, 4) is 0 Å². The molecule has 21 heavy (non-hydrogen) atoms. The van der Waals surface area contributed by atoms with E-state index in [1.165, 1.54) is 16.8 Å². The molecule has 0 N–H and O–H groups in total. The Bertz CT molecular complexity index is 733. The molecule has 3 aromatic rings. The Balaban J connectivity index is 1.83. The van der Waals surface area contributed by atoms with Gasteiger partial charge in [0.25, 0.3) is 0 Å². The number of imidazole rings is 1. The number of hydrogen-bond acceptors (Lipinski definition) is 3. The molecule has 0 saturated carbocycles. The Morgan fingerprint density at radius 2 is 2.10 bits per heavy atom. The maximum Gasteiger partial charge on any atom is 0.136 e. The molecule has 0 aliphatic rings. The Hall–Kier alpha value is -2.20. The Morgan fingerprint density at radius 3 is 2.86 bits per heavy atom. The van der Waals surface area contributed by atoms with Crippen LogP contribution in [-0.4, -0.2) is 26.3 Å². The molecular weight excluding hydrogens is 260 g/mol. The molecule has 3 heterocycles. The van der Waals surface area contributed by atoms with Gasteiger partial charge in [-0.05, 0) is 44.2 Å². The highest BCUT2D eigenvalue weighted by molar-refractivity contribution is 5.41. The third-order valence-electron chi connectivity index (χ3n) is 3.97. The normalized spacial score (nSPS) is 13.0. The van der Waals surface area contributed by atoms with Gasteiger partial charge in [0.2, 0.25) is 0 Å². The number of aryl methyl sites for hydroxylation is 1. The molecule has 0 unspecified atom stereocenters. The molecule has 4 heteroatoms. The first-order chi connectivity index (χ1) is 10.1. The van der Waals surface area contributed by atoms with Crippen molar-refractivity contribution in [2.75, 3.05) is 7.05 Å². The first kappa shape index (κ1) is 13.8. The number of rotatable bonds is 4. The molecule has 3 aromatic heterocycles. The highest BCUT2D eigenvalue weighted by Crippen LogP contribution is 2.20. The van der Waals surface area contributed by atoms with Crippen LogP contribution in [0.25, 0.3) is 5.65 Å². The minimum Gasteiger partial charge on any atom is -0.303 e. The lowest BCUT2D eigenvalue weighted by molar-refractivity contribution is 0.249. The summed E-state index contributed by atoms with van der Waals surface area (Å²) in [6.45, 7) is 5.15. The van der Waals surface area contributed by atoms with Crippen LogP contribution in [0.2, 0.25) is 0 Å². The predicted molar refractivity (Wildman–Crippen MR) is 84.0 cm³/mol. The van der Waals surface area contributed by atoms with Gasteiger partial charge >= 0.3 is 0 Å². The first-order valence-corrected chi connectivity index (χ1v) is 7.18. The molecule has 0 aliphatic carbocycles. The molecule has 3 rings (SSSR count). The predicted octanol–water partition coefficient (Wildman–Crippen LogP) is 3.23. The zero-order valence-electron chi connectivity index (χ0n) is 12.7. The second-order valence-electron chi connectivity index (χ2n) is 5.56. The maximum atomic E-state index is 4.47. The van der Waals surface area contributed by atoms with Crippen molar-refractivity contribution < 1.29 is 0 Å². The van der Waals surface area contributed by atoms with Gasteiger partial charge in [0.1, 0.15) is 5.65 Å². The van der Waals surface area contributed by atoms with Crippen molar-refractivity contribution in [1.29, 1.82) is 0 Å². The van der Waals surface area contributed by atoms with Gasteiger partial charge < -0.3 is 4.40 Å². The van der Waals surface area contributed by atoms with Crippen LogP contribution in [0.4, 0.5) is 0 Å². The van der Waals surface area contributed by atoms with E-state index in [2.05, 4.69) is 64.6 Å². The molecule has 4 nitrogen and oxygen atoms in total. The molecule has 1 atom stereocenters. The summed E-state index contributed by atoms with van der Waals surface area (Å²) >= 11 is 0. The lowest BCUT2D eigenvalue weighted by Gasteiger charge is -2.24. The van der Waals surface area contributed by atoms with Gasteiger partial charge in [-0.1, -0.05) is 12.1 Å². The number of pyridine rings is 2. The van der Waals surface area contributed by atoms with E-state index >= 15 is 0 Å². The monoisotopic (exact) mass is 280 g/mol. The average Bonchev–Trinajstić information content (AvgIpc) is 2.89. The van der Waals surface area contributed by atoms with Gasteiger partial charge in [0.15, 0.2) is 0 Å². The molecule has 0 aliphatic heterocycles. The van der Waals surface area contributed by atoms with Crippen LogP contribution in [0.1, 0.15) is 29.8 Å². The maximum absolute atomic E-state index is 4.47. The zero-order chi connectivity index (χ0) is 14.8. The summed E-state index contributed by atoms with van der Waals surface area (Å²) in [7, 11) is 2.13. The highest BCUT2D eigenvalue weighted by Gasteiger charge is 2.14. The SMILES string of the molecule is Cc1ccc2ncc(CN(C)[C@H](C)c3cccnc3)n2c1. The lowest BCUT2D eigenvalue weighted by Crippen LogP contribution is -2.22. The van der Waals surface area contributed by atoms with Crippen molar-refractivity contribution in [3.63, 3.8) is 0 Å². The smallest absolute Gasteiger partial charge is 0.136 e. The molecule has 0 radical (unpaired) electrons. The van der Waals surface area contributed by atoms with Gasteiger partial charge in [-0.25, -0.2) is 4.98 Å². The summed E-state index contributed by atoms with van der Waals surface area (Å²) in [5.41, 5.74) is 4.67. The quantitative estimate of drug-likeness (QED) is 0.735. The third-order valence-corrected chi connectivity index (χ3v) is 3.97. The first-order valence-electron chi connectivity index (χ1n) is 7.18. The molecule has 108 valence electrons. The van der Waals surface area contributed by atoms with Gasteiger partial charge in [-0.15, -0.1) is 0 Å². The largest absolute Gasteiger partial charge is 0.303 e. The molecular formula is C17H20N4. The van der Waals surface area contributed by atoms with Crippen molar-refractivity contribution >= 4 is 5.65 Å². The van der Waals surface area contributed by atoms with Gasteiger partial charge in [0.05, 0.1) is 11.9 Å². The average molecular weight is 280 g/mol. The summed E-state index contributed by atoms with van der Waals surface area (Å²) in [6, 6.07) is 8.57. The van der Waals surface area contributed by atoms with E-state index in [-0.39, 0.29) is 0 Å². The fraction of sp³-hybridized carbons (Fsp3) is 0.294. The van der Waals surface area contributed by atoms with Gasteiger partial charge in [-0.2, -0.15) is 0 Å². The number of fused-ring (bicyclic) bond motifs is 1. The molecule has 0 bridgehead atoms. The van der Waals surface area contributed by atoms with E-state index < -0.39 is 0 Å². The van der Waals surface area contributed by atoms with Crippen molar-refractivity contribution in [2.24, 2.45) is 0 Å². The number of nitrogens with zero attached hydrogens (tertiary/aromatic N) is 4. The van der Waals surface area contributed by atoms with Crippen LogP contribution in [0.5, 0.6) is 0 Å². The van der Waals surface area contributed by atoms with E-state index in [9.17, 15) is 0 Å². The van der Waals surface area contributed by atoms with Gasteiger partial charge in [-0.3, -0.25) is 9.88 Å². The van der Waals surface area contributed by atoms with Crippen molar-refractivity contribution in [3.05, 3.63) is 65.9 Å². The van der Waals surface area contributed by atoms with E-state index in [0.717, 1.165) is 12.2 Å². The second-order valence-corrected chi connectivity index (χ2v) is 5.56. The Kier molecular flexibility index (Phi) is 3.71. The highest BCUT2D eigenvalue weighted by atomic mass is 15.1. The van der Waals surface area contributed by atoms with Crippen LogP contribution in [0, 0.1) is 6.92 Å². The molecule has 0 saturated heterocycles. The van der Waals surface area contributed by atoms with Crippen LogP contribution in [-0.2, 0) is 6.54 Å². The van der Waals surface area contributed by atoms with E-state index in [4.69, 9.17) is 0 Å². The Morgan fingerprint density at radius 1 is 1.24 bits per heavy atom. The third kappa shape index (κ3) is 2.81. The summed E-state index contributed by atoms with van der Waals surface area (Å²) in [4.78, 5) is 11.0. The Labute approximate surface area is 125 Å². The minimum atomic E-state index is 0.314. The summed E-state index contributed by atoms with van der Waals surface area (Å²) in [5, 5.41) is 0. The number of hydrogen-bond donors (Lipinski definition) is 0. The lowest BCUT2D eigenvalue weighted by atomic mass is 10.1. The molecule has 0 aromatic carbocycles. The minimum absolute atomic E-state index is 0.314. The second kappa shape index (κ2) is 5.66. The van der Waals surface area contributed by atoms with E-state index in [0.29, 0.717) is 6.04 Å². The summed E-state index contributed by atoms with van der Waals surface area (Å²) < 4.78 is 2.17. The van der Waals surface area contributed by atoms with E-state index in [1.54, 1.807) is 0 Å². The fourth-order valence-electron chi connectivity index (χ4n) is 2.52. The van der Waals surface area contributed by atoms with Crippen molar-refractivity contribution in [1.82, 2.24) is 19.3 Å². The molecule has 0 fully saturated rings. The summed E-state index contributed by atoms with van der Waals surface area (Å²) in [5.74, 6) is 0. The van der Waals surface area contributed by atoms with Crippen LogP contribution < -0.4 is 0 Å². The standard InChI is InChI=1S/C17H20N4/c1-13-6-7-17-19-10-16(21(17)11-13)12-20(3)14(2)15-5-4-8-18-9-15/h4-11,14H,12H2,1-3H3/t14-/m1/s1. The topological polar surface area (TPSA) is 33.4 Å². The zero-order valence-corrected chi connectivity index (χ0v) is 12.7. The molecule has 0 spiro atoms.